The van der Waals surface area contributed by atoms with Crippen molar-refractivity contribution in [3.63, 3.8) is 0 Å². The van der Waals surface area contributed by atoms with Crippen molar-refractivity contribution in [3.05, 3.63) is 48.0 Å². The van der Waals surface area contributed by atoms with Gasteiger partial charge in [-0.25, -0.2) is 4.79 Å². The molecule has 0 saturated carbocycles. The van der Waals surface area contributed by atoms with Crippen LogP contribution in [0.15, 0.2) is 42.5 Å². The van der Waals surface area contributed by atoms with E-state index in [1.54, 1.807) is 25.3 Å². The Morgan fingerprint density at radius 2 is 1.68 bits per heavy atom. The molecule has 1 fully saturated rings. The first-order valence-electron chi connectivity index (χ1n) is 12.2. The predicted molar refractivity (Wildman–Crippen MR) is 138 cm³/mol. The van der Waals surface area contributed by atoms with Gasteiger partial charge in [-0.2, -0.15) is 0 Å². The maximum atomic E-state index is 13.2. The summed E-state index contributed by atoms with van der Waals surface area (Å²) >= 11 is 0. The van der Waals surface area contributed by atoms with E-state index < -0.39 is 0 Å². The Morgan fingerprint density at radius 1 is 0.971 bits per heavy atom. The van der Waals surface area contributed by atoms with Crippen LogP contribution in [0.2, 0.25) is 0 Å². The number of hydrogen-bond acceptors (Lipinski definition) is 5. The van der Waals surface area contributed by atoms with E-state index in [1.165, 1.54) is 6.42 Å². The molecule has 3 rings (SSSR count). The zero-order chi connectivity index (χ0) is 24.3. The summed E-state index contributed by atoms with van der Waals surface area (Å²) in [6.07, 6.45) is 3.45. The minimum absolute atomic E-state index is 0.121. The van der Waals surface area contributed by atoms with Gasteiger partial charge in [0.05, 0.1) is 12.7 Å². The number of amides is 3. The molecule has 1 aliphatic rings. The summed E-state index contributed by atoms with van der Waals surface area (Å²) in [6, 6.07) is 12.3. The van der Waals surface area contributed by atoms with Gasteiger partial charge in [-0.05, 0) is 62.7 Å². The molecule has 0 radical (unpaired) electrons. The first-order chi connectivity index (χ1) is 16.5. The van der Waals surface area contributed by atoms with Crippen molar-refractivity contribution in [2.24, 2.45) is 0 Å². The van der Waals surface area contributed by atoms with E-state index >= 15 is 0 Å². The Labute approximate surface area is 202 Å². The molecule has 8 nitrogen and oxygen atoms in total. The van der Waals surface area contributed by atoms with Crippen molar-refractivity contribution < 1.29 is 14.3 Å². The van der Waals surface area contributed by atoms with Gasteiger partial charge in [-0.15, -0.1) is 0 Å². The number of methoxy groups -OCH3 is 1. The number of urea groups is 1. The molecule has 3 amide bonds. The monoisotopic (exact) mass is 467 g/mol. The highest BCUT2D eigenvalue weighted by molar-refractivity contribution is 6.04. The van der Waals surface area contributed by atoms with Gasteiger partial charge in [-0.1, -0.05) is 19.9 Å². The quantitative estimate of drug-likeness (QED) is 0.482. The Hall–Kier alpha value is -3.26. The molecule has 0 aromatic heterocycles. The molecular weight excluding hydrogens is 430 g/mol. The number of benzene rings is 2. The third-order valence-electron chi connectivity index (χ3n) is 6.13. The summed E-state index contributed by atoms with van der Waals surface area (Å²) in [6.45, 7) is 9.38. The maximum absolute atomic E-state index is 13.2. The van der Waals surface area contributed by atoms with Gasteiger partial charge in [0.2, 0.25) is 0 Å². The van der Waals surface area contributed by atoms with Crippen LogP contribution in [0.25, 0.3) is 0 Å². The van der Waals surface area contributed by atoms with Crippen LogP contribution in [0.3, 0.4) is 0 Å². The lowest BCUT2D eigenvalue weighted by molar-refractivity contribution is 0.0949. The van der Waals surface area contributed by atoms with Crippen molar-refractivity contribution in [2.75, 3.05) is 61.9 Å². The highest BCUT2D eigenvalue weighted by Gasteiger charge is 2.20. The number of ether oxygens (including phenoxy) is 1. The van der Waals surface area contributed by atoms with Crippen LogP contribution in [-0.4, -0.2) is 63.2 Å². The third kappa shape index (κ3) is 7.12. The summed E-state index contributed by atoms with van der Waals surface area (Å²) in [5, 5.41) is 8.71. The normalized spacial score (nSPS) is 13.5. The van der Waals surface area contributed by atoms with Crippen LogP contribution in [0.1, 0.15) is 43.5 Å². The maximum Gasteiger partial charge on any atom is 0.323 e. The van der Waals surface area contributed by atoms with Crippen LogP contribution in [-0.2, 0) is 0 Å². The fraction of sp³-hybridized carbons (Fsp3) is 0.462. The number of carbonyl (C=O) groups is 2. The summed E-state index contributed by atoms with van der Waals surface area (Å²) in [5.41, 5.74) is 2.69. The SMILES string of the molecule is CCN(CC)CCNC(=O)c1cc(NC(=O)Nc2cccc(OC)c2)ccc1N1CCCCC1. The van der Waals surface area contributed by atoms with Gasteiger partial charge < -0.3 is 30.5 Å². The first-order valence-corrected chi connectivity index (χ1v) is 12.2. The van der Waals surface area contributed by atoms with Crippen molar-refractivity contribution in [3.8, 4) is 5.75 Å². The number of anilines is 3. The molecule has 34 heavy (non-hydrogen) atoms. The molecule has 0 unspecified atom stereocenters. The standard InChI is InChI=1S/C26H37N5O3/c1-4-30(5-2)17-14-27-25(32)23-19-21(12-13-24(23)31-15-7-6-8-16-31)29-26(33)28-20-10-9-11-22(18-20)34-3/h9-13,18-19H,4-8,14-17H2,1-3H3,(H,27,32)(H2,28,29,33). The molecule has 2 aromatic rings. The second-order valence-corrected chi connectivity index (χ2v) is 8.37. The van der Waals surface area contributed by atoms with Crippen LogP contribution in [0.5, 0.6) is 5.75 Å². The van der Waals surface area contributed by atoms with E-state index in [0.717, 1.165) is 51.3 Å². The van der Waals surface area contributed by atoms with E-state index in [4.69, 9.17) is 4.74 Å². The highest BCUT2D eigenvalue weighted by Crippen LogP contribution is 2.27. The number of likely N-dealkylation sites (N-methyl/N-ethyl adjacent to an activating group) is 1. The summed E-state index contributed by atoms with van der Waals surface area (Å²) in [7, 11) is 1.58. The van der Waals surface area contributed by atoms with E-state index in [9.17, 15) is 9.59 Å². The molecule has 1 saturated heterocycles. The van der Waals surface area contributed by atoms with Gasteiger partial charge in [0.1, 0.15) is 5.75 Å². The lowest BCUT2D eigenvalue weighted by Gasteiger charge is -2.30. The van der Waals surface area contributed by atoms with Crippen molar-refractivity contribution >= 4 is 29.0 Å². The van der Waals surface area contributed by atoms with Crippen LogP contribution < -0.4 is 25.6 Å². The lowest BCUT2D eigenvalue weighted by atomic mass is 10.1. The van der Waals surface area contributed by atoms with E-state index in [0.29, 0.717) is 29.2 Å². The van der Waals surface area contributed by atoms with Gasteiger partial charge >= 0.3 is 6.03 Å². The number of hydrogen-bond donors (Lipinski definition) is 3. The molecule has 8 heteroatoms. The van der Waals surface area contributed by atoms with Crippen molar-refractivity contribution in [2.45, 2.75) is 33.1 Å². The number of rotatable bonds is 10. The topological polar surface area (TPSA) is 85.9 Å². The van der Waals surface area contributed by atoms with Crippen LogP contribution in [0, 0.1) is 0 Å². The molecule has 1 aliphatic heterocycles. The average Bonchev–Trinajstić information content (AvgIpc) is 2.87. The van der Waals surface area contributed by atoms with E-state index in [2.05, 4.69) is 39.6 Å². The Morgan fingerprint density at radius 3 is 2.35 bits per heavy atom. The lowest BCUT2D eigenvalue weighted by Crippen LogP contribution is -2.36. The number of carbonyl (C=O) groups excluding carboxylic acids is 2. The van der Waals surface area contributed by atoms with Crippen molar-refractivity contribution in [1.29, 1.82) is 0 Å². The van der Waals surface area contributed by atoms with Crippen molar-refractivity contribution in [1.82, 2.24) is 10.2 Å². The molecule has 184 valence electrons. The minimum atomic E-state index is -0.383. The molecule has 1 heterocycles. The van der Waals surface area contributed by atoms with E-state index in [-0.39, 0.29) is 11.9 Å². The van der Waals surface area contributed by atoms with Gasteiger partial charge in [0.25, 0.3) is 5.91 Å². The third-order valence-corrected chi connectivity index (χ3v) is 6.13. The van der Waals surface area contributed by atoms with Gasteiger partial charge in [-0.3, -0.25) is 4.79 Å². The zero-order valence-corrected chi connectivity index (χ0v) is 20.5. The fourth-order valence-electron chi connectivity index (χ4n) is 4.16. The molecule has 2 aromatic carbocycles. The smallest absolute Gasteiger partial charge is 0.323 e. The molecule has 3 N–H and O–H groups in total. The molecule has 0 spiro atoms. The number of piperidine rings is 1. The van der Waals surface area contributed by atoms with Gasteiger partial charge in [0.15, 0.2) is 0 Å². The molecule has 0 atom stereocenters. The Bertz CT molecular complexity index is 955. The average molecular weight is 468 g/mol. The zero-order valence-electron chi connectivity index (χ0n) is 20.5. The largest absolute Gasteiger partial charge is 0.497 e. The highest BCUT2D eigenvalue weighted by atomic mass is 16.5. The van der Waals surface area contributed by atoms with Crippen LogP contribution in [0.4, 0.5) is 21.9 Å². The molecular formula is C26H37N5O3. The fourth-order valence-corrected chi connectivity index (χ4v) is 4.16. The Kier molecular flexibility index (Phi) is 9.58. The van der Waals surface area contributed by atoms with E-state index in [1.807, 2.05) is 24.3 Å². The number of nitrogens with zero attached hydrogens (tertiary/aromatic N) is 2. The summed E-state index contributed by atoms with van der Waals surface area (Å²) in [5.74, 6) is 0.539. The summed E-state index contributed by atoms with van der Waals surface area (Å²) < 4.78 is 5.20. The second-order valence-electron chi connectivity index (χ2n) is 8.37. The van der Waals surface area contributed by atoms with Gasteiger partial charge in [0, 0.05) is 49.3 Å². The predicted octanol–water partition coefficient (Wildman–Crippen LogP) is 4.40. The second kappa shape index (κ2) is 12.8. The summed E-state index contributed by atoms with van der Waals surface area (Å²) in [4.78, 5) is 30.3. The number of nitrogens with one attached hydrogen (secondary N) is 3. The molecule has 0 aliphatic carbocycles. The Balaban J connectivity index is 1.73. The minimum Gasteiger partial charge on any atom is -0.497 e. The first kappa shape index (κ1) is 25.4. The van der Waals surface area contributed by atoms with Crippen LogP contribution >= 0.6 is 0 Å². The molecule has 0 bridgehead atoms.